The van der Waals surface area contributed by atoms with Crippen molar-refractivity contribution in [3.05, 3.63) is 35.1 Å². The average Bonchev–Trinajstić information content (AvgIpc) is 2.45. The molecule has 0 spiro atoms. The van der Waals surface area contributed by atoms with E-state index < -0.39 is 17.6 Å². The molecule has 0 unspecified atom stereocenters. The number of hydrogen-bond donors (Lipinski definition) is 1. The Labute approximate surface area is 152 Å². The van der Waals surface area contributed by atoms with Gasteiger partial charge in [-0.2, -0.15) is 13.2 Å². The van der Waals surface area contributed by atoms with Crippen molar-refractivity contribution in [2.45, 2.75) is 32.5 Å². The van der Waals surface area contributed by atoms with Gasteiger partial charge in [0.1, 0.15) is 5.82 Å². The van der Waals surface area contributed by atoms with E-state index in [1.165, 1.54) is 6.07 Å². The molecule has 1 N–H and O–H groups in total. The van der Waals surface area contributed by atoms with Gasteiger partial charge in [0.15, 0.2) is 0 Å². The molecule has 1 heterocycles. The summed E-state index contributed by atoms with van der Waals surface area (Å²) < 4.78 is 52.3. The Kier molecular flexibility index (Phi) is 9.57. The molecule has 24 heavy (non-hydrogen) atoms. The molecule has 2 nitrogen and oxygen atoms in total. The highest BCUT2D eigenvalue weighted by atomic mass is 35.5. The summed E-state index contributed by atoms with van der Waals surface area (Å²) in [6.07, 6.45) is -3.79. The van der Waals surface area contributed by atoms with E-state index in [9.17, 15) is 17.6 Å². The van der Waals surface area contributed by atoms with Crippen molar-refractivity contribution in [2.75, 3.05) is 26.2 Å². The fourth-order valence-electron chi connectivity index (χ4n) is 2.89. The molecular formula is C16H24Cl2F4N2. The van der Waals surface area contributed by atoms with Crippen molar-refractivity contribution in [3.8, 4) is 0 Å². The molecule has 0 radical (unpaired) electrons. The number of benzene rings is 1. The summed E-state index contributed by atoms with van der Waals surface area (Å²) in [5.41, 5.74) is -0.569. The van der Waals surface area contributed by atoms with E-state index in [0.29, 0.717) is 17.5 Å². The summed E-state index contributed by atoms with van der Waals surface area (Å²) in [7, 11) is 0. The number of nitrogens with zero attached hydrogens (tertiary/aromatic N) is 1. The molecule has 1 aromatic carbocycles. The lowest BCUT2D eigenvalue weighted by Gasteiger charge is -2.36. The first kappa shape index (κ1) is 23.4. The second-order valence-corrected chi connectivity index (χ2v) is 6.17. The van der Waals surface area contributed by atoms with Gasteiger partial charge in [-0.3, -0.25) is 4.90 Å². The Balaban J connectivity index is 0.00000264. The first-order chi connectivity index (χ1) is 10.3. The summed E-state index contributed by atoms with van der Waals surface area (Å²) in [6, 6.07) is 2.72. The molecule has 0 saturated carbocycles. The second kappa shape index (κ2) is 9.80. The molecule has 1 aliphatic rings. The van der Waals surface area contributed by atoms with Gasteiger partial charge in [0.05, 0.1) is 5.56 Å². The lowest BCUT2D eigenvalue weighted by Crippen LogP contribution is -2.45. The quantitative estimate of drug-likeness (QED) is 0.750. The Hall–Kier alpha value is -0.560. The van der Waals surface area contributed by atoms with Gasteiger partial charge in [0, 0.05) is 37.8 Å². The summed E-state index contributed by atoms with van der Waals surface area (Å²) in [5, 5.41) is 3.23. The molecule has 1 fully saturated rings. The molecule has 140 valence electrons. The third-order valence-electron chi connectivity index (χ3n) is 3.97. The number of hydrogen-bond acceptors (Lipinski definition) is 2. The van der Waals surface area contributed by atoms with Crippen molar-refractivity contribution >= 4 is 24.8 Å². The van der Waals surface area contributed by atoms with E-state index in [0.717, 1.165) is 38.7 Å². The van der Waals surface area contributed by atoms with Crippen LogP contribution in [-0.4, -0.2) is 31.1 Å². The average molecular weight is 391 g/mol. The zero-order valence-corrected chi connectivity index (χ0v) is 15.3. The normalized spacial score (nSPS) is 17.1. The molecule has 2 rings (SSSR count). The molecule has 1 atom stereocenters. The second-order valence-electron chi connectivity index (χ2n) is 6.17. The number of piperazine rings is 1. The molecule has 1 aliphatic heterocycles. The molecule has 8 heteroatoms. The third kappa shape index (κ3) is 6.06. The Bertz CT molecular complexity index is 503. The van der Waals surface area contributed by atoms with Crippen LogP contribution in [0.5, 0.6) is 0 Å². The van der Waals surface area contributed by atoms with Crippen molar-refractivity contribution in [2.24, 2.45) is 5.92 Å². The van der Waals surface area contributed by atoms with Crippen LogP contribution < -0.4 is 5.32 Å². The van der Waals surface area contributed by atoms with Crippen molar-refractivity contribution in [1.82, 2.24) is 10.2 Å². The number of rotatable bonds is 4. The molecule has 0 bridgehead atoms. The molecule has 0 aliphatic carbocycles. The van der Waals surface area contributed by atoms with Gasteiger partial charge >= 0.3 is 6.18 Å². The maximum atomic E-state index is 14.3. The number of alkyl halides is 3. The zero-order chi connectivity index (χ0) is 16.3. The van der Waals surface area contributed by atoms with Crippen LogP contribution in [0.25, 0.3) is 0 Å². The predicted molar refractivity (Wildman–Crippen MR) is 92.5 cm³/mol. The summed E-state index contributed by atoms with van der Waals surface area (Å²) in [5.74, 6) is -0.430. The Morgan fingerprint density at radius 2 is 1.71 bits per heavy atom. The van der Waals surface area contributed by atoms with E-state index in [1.54, 1.807) is 0 Å². The van der Waals surface area contributed by atoms with E-state index >= 15 is 0 Å². The van der Waals surface area contributed by atoms with Gasteiger partial charge in [-0.05, 0) is 24.5 Å². The van der Waals surface area contributed by atoms with E-state index in [-0.39, 0.29) is 30.9 Å². The number of nitrogens with one attached hydrogen (secondary N) is 1. The number of halogens is 6. The minimum atomic E-state index is -4.51. The fraction of sp³-hybridized carbons (Fsp3) is 0.625. The monoisotopic (exact) mass is 390 g/mol. The first-order valence-electron chi connectivity index (χ1n) is 7.60. The lowest BCUT2D eigenvalue weighted by molar-refractivity contribution is -0.137. The van der Waals surface area contributed by atoms with E-state index in [2.05, 4.69) is 10.2 Å². The van der Waals surface area contributed by atoms with Crippen LogP contribution >= 0.6 is 24.8 Å². The van der Waals surface area contributed by atoms with E-state index in [1.807, 2.05) is 13.8 Å². The summed E-state index contributed by atoms with van der Waals surface area (Å²) in [6.45, 7) is 7.26. The van der Waals surface area contributed by atoms with Crippen LogP contribution in [0.2, 0.25) is 0 Å². The Morgan fingerprint density at radius 1 is 1.12 bits per heavy atom. The van der Waals surface area contributed by atoms with Gasteiger partial charge in [0.25, 0.3) is 0 Å². The largest absolute Gasteiger partial charge is 0.416 e. The molecule has 0 amide bonds. The predicted octanol–water partition coefficient (Wildman–Crippen LogP) is 4.68. The van der Waals surface area contributed by atoms with Gasteiger partial charge < -0.3 is 5.32 Å². The first-order valence-corrected chi connectivity index (χ1v) is 7.60. The van der Waals surface area contributed by atoms with Crippen LogP contribution in [0.4, 0.5) is 17.6 Å². The minimum Gasteiger partial charge on any atom is -0.314 e. The molecular weight excluding hydrogens is 367 g/mol. The van der Waals surface area contributed by atoms with Crippen LogP contribution in [0.1, 0.15) is 37.4 Å². The van der Waals surface area contributed by atoms with E-state index in [4.69, 9.17) is 0 Å². The van der Waals surface area contributed by atoms with Crippen LogP contribution in [-0.2, 0) is 6.18 Å². The fourth-order valence-corrected chi connectivity index (χ4v) is 2.89. The zero-order valence-electron chi connectivity index (χ0n) is 13.7. The van der Waals surface area contributed by atoms with Gasteiger partial charge in [-0.15, -0.1) is 24.8 Å². The van der Waals surface area contributed by atoms with Gasteiger partial charge in [0.2, 0.25) is 0 Å². The maximum Gasteiger partial charge on any atom is 0.416 e. The maximum absolute atomic E-state index is 14.3. The standard InChI is InChI=1S/C16H22F4N2.2ClH/c1-11(2)9-15(22-7-5-21-6-8-22)13-4-3-12(10-14(13)17)16(18,19)20;;/h3-4,10-11,15,21H,5-9H2,1-2H3;2*1H/t15-;;/m1../s1. The summed E-state index contributed by atoms with van der Waals surface area (Å²) in [4.78, 5) is 2.15. The van der Waals surface area contributed by atoms with Crippen LogP contribution in [0.3, 0.4) is 0 Å². The smallest absolute Gasteiger partial charge is 0.314 e. The Morgan fingerprint density at radius 3 is 2.17 bits per heavy atom. The third-order valence-corrected chi connectivity index (χ3v) is 3.97. The highest BCUT2D eigenvalue weighted by Crippen LogP contribution is 2.34. The van der Waals surface area contributed by atoms with Gasteiger partial charge in [-0.25, -0.2) is 4.39 Å². The highest BCUT2D eigenvalue weighted by Gasteiger charge is 2.32. The van der Waals surface area contributed by atoms with Crippen molar-refractivity contribution in [3.63, 3.8) is 0 Å². The van der Waals surface area contributed by atoms with Crippen molar-refractivity contribution < 1.29 is 17.6 Å². The molecule has 0 aromatic heterocycles. The SMILES string of the molecule is CC(C)C[C@H](c1ccc(C(F)(F)F)cc1F)N1CCNCC1.Cl.Cl. The topological polar surface area (TPSA) is 15.3 Å². The summed E-state index contributed by atoms with van der Waals surface area (Å²) >= 11 is 0. The van der Waals surface area contributed by atoms with Crippen LogP contribution in [0.15, 0.2) is 18.2 Å². The van der Waals surface area contributed by atoms with Gasteiger partial charge in [-0.1, -0.05) is 19.9 Å². The molecule has 1 saturated heterocycles. The lowest BCUT2D eigenvalue weighted by atomic mass is 9.93. The molecule has 1 aromatic rings. The minimum absolute atomic E-state index is 0. The van der Waals surface area contributed by atoms with Crippen molar-refractivity contribution in [1.29, 1.82) is 0 Å². The highest BCUT2D eigenvalue weighted by molar-refractivity contribution is 5.85. The van der Waals surface area contributed by atoms with Crippen LogP contribution in [0, 0.1) is 11.7 Å².